The number of hydrogen-bond acceptors (Lipinski definition) is 2. The molecule has 0 spiro atoms. The van der Waals surface area contributed by atoms with Gasteiger partial charge >= 0.3 is 0 Å². The molecule has 13 heavy (non-hydrogen) atoms. The molecule has 0 fully saturated rings. The Morgan fingerprint density at radius 2 is 2.15 bits per heavy atom. The molecule has 1 atom stereocenters. The summed E-state index contributed by atoms with van der Waals surface area (Å²) in [4.78, 5) is 8.83. The Labute approximate surface area is 87.9 Å². The molecule has 0 saturated heterocycles. The first-order valence-electron chi connectivity index (χ1n) is 4.59. The number of alkyl halides is 1. The van der Waals surface area contributed by atoms with E-state index >= 15 is 0 Å². The number of hydrogen-bond donors (Lipinski definition) is 0. The van der Waals surface area contributed by atoms with Crippen LogP contribution in [0.15, 0.2) is 18.6 Å². The minimum atomic E-state index is 0.578. The Bertz CT molecular complexity index is 236. The van der Waals surface area contributed by atoms with E-state index in [9.17, 15) is 0 Å². The lowest BCUT2D eigenvalue weighted by atomic mass is 10.1. The van der Waals surface area contributed by atoms with Crippen LogP contribution >= 0.6 is 15.9 Å². The van der Waals surface area contributed by atoms with Crippen molar-refractivity contribution in [3.63, 3.8) is 0 Å². The van der Waals surface area contributed by atoms with Gasteiger partial charge in [-0.15, -0.1) is 0 Å². The van der Waals surface area contributed by atoms with Gasteiger partial charge in [-0.25, -0.2) is 0 Å². The van der Waals surface area contributed by atoms with Crippen molar-refractivity contribution in [3.8, 4) is 0 Å². The predicted molar refractivity (Wildman–Crippen MR) is 57.9 cm³/mol. The molecule has 1 aromatic rings. The van der Waals surface area contributed by atoms with E-state index in [-0.39, 0.29) is 0 Å². The van der Waals surface area contributed by atoms with Crippen LogP contribution in [-0.4, -0.2) is 14.8 Å². The van der Waals surface area contributed by atoms with Gasteiger partial charge in [-0.3, -0.25) is 9.97 Å². The summed E-state index contributed by atoms with van der Waals surface area (Å²) in [5.41, 5.74) is 1.08. The second-order valence-electron chi connectivity index (χ2n) is 3.50. The van der Waals surface area contributed by atoms with Crippen molar-refractivity contribution < 1.29 is 0 Å². The zero-order valence-corrected chi connectivity index (χ0v) is 9.66. The highest BCUT2D eigenvalue weighted by Crippen LogP contribution is 2.17. The van der Waals surface area contributed by atoms with E-state index in [2.05, 4.69) is 39.7 Å². The summed E-state index contributed by atoms with van der Waals surface area (Å²) in [6.07, 6.45) is 7.41. The molecule has 0 radical (unpaired) electrons. The van der Waals surface area contributed by atoms with E-state index in [4.69, 9.17) is 0 Å². The third-order valence-electron chi connectivity index (χ3n) is 2.02. The molecule has 0 aliphatic carbocycles. The molecule has 0 aliphatic rings. The van der Waals surface area contributed by atoms with Crippen LogP contribution in [0, 0.1) is 5.92 Å². The number of halogens is 1. The summed E-state index contributed by atoms with van der Waals surface area (Å²) in [6, 6.07) is 0. The van der Waals surface area contributed by atoms with Crippen molar-refractivity contribution in [2.45, 2.75) is 31.5 Å². The number of rotatable bonds is 4. The maximum absolute atomic E-state index is 4.23. The van der Waals surface area contributed by atoms with Crippen molar-refractivity contribution in [3.05, 3.63) is 24.3 Å². The zero-order chi connectivity index (χ0) is 9.68. The lowest BCUT2D eigenvalue weighted by Gasteiger charge is -2.12. The molecule has 3 heteroatoms. The van der Waals surface area contributed by atoms with Crippen molar-refractivity contribution in [1.82, 2.24) is 9.97 Å². The lowest BCUT2D eigenvalue weighted by molar-refractivity contribution is 0.578. The van der Waals surface area contributed by atoms with Gasteiger partial charge in [0.05, 0.1) is 5.69 Å². The molecule has 0 bridgehead atoms. The van der Waals surface area contributed by atoms with Crippen LogP contribution in [0.5, 0.6) is 0 Å². The fourth-order valence-corrected chi connectivity index (χ4v) is 1.31. The first kappa shape index (κ1) is 10.6. The van der Waals surface area contributed by atoms with Gasteiger partial charge in [-0.1, -0.05) is 29.8 Å². The smallest absolute Gasteiger partial charge is 0.0587 e. The van der Waals surface area contributed by atoms with Gasteiger partial charge in [0.1, 0.15) is 0 Å². The summed E-state index contributed by atoms with van der Waals surface area (Å²) in [5.74, 6) is 0.677. The van der Waals surface area contributed by atoms with Gasteiger partial charge in [-0.05, 0) is 18.8 Å². The third kappa shape index (κ3) is 3.85. The molecule has 0 aliphatic heterocycles. The van der Waals surface area contributed by atoms with Gasteiger partial charge in [0, 0.05) is 23.4 Å². The topological polar surface area (TPSA) is 25.8 Å². The highest BCUT2D eigenvalue weighted by Gasteiger charge is 2.08. The monoisotopic (exact) mass is 242 g/mol. The fourth-order valence-electron chi connectivity index (χ4n) is 1.08. The molecule has 2 nitrogen and oxygen atoms in total. The van der Waals surface area contributed by atoms with Crippen LogP contribution in [-0.2, 0) is 6.42 Å². The summed E-state index contributed by atoms with van der Waals surface area (Å²) < 4.78 is 0. The minimum Gasteiger partial charge on any atom is -0.261 e. The van der Waals surface area contributed by atoms with Gasteiger partial charge in [0.25, 0.3) is 0 Å². The van der Waals surface area contributed by atoms with Gasteiger partial charge in [0.2, 0.25) is 0 Å². The largest absolute Gasteiger partial charge is 0.261 e. The van der Waals surface area contributed by atoms with Gasteiger partial charge in [0.15, 0.2) is 0 Å². The quantitative estimate of drug-likeness (QED) is 0.760. The van der Waals surface area contributed by atoms with Crippen molar-refractivity contribution in [2.24, 2.45) is 5.92 Å². The molecular formula is C10H15BrN2. The molecule has 0 saturated carbocycles. The molecule has 1 unspecified atom stereocenters. The highest BCUT2D eigenvalue weighted by molar-refractivity contribution is 9.09. The van der Waals surface area contributed by atoms with Crippen LogP contribution in [0.3, 0.4) is 0 Å². The van der Waals surface area contributed by atoms with E-state index in [1.165, 1.54) is 0 Å². The Morgan fingerprint density at radius 3 is 2.69 bits per heavy atom. The van der Waals surface area contributed by atoms with E-state index in [0.29, 0.717) is 10.7 Å². The van der Waals surface area contributed by atoms with Gasteiger partial charge in [-0.2, -0.15) is 0 Å². The maximum atomic E-state index is 4.23. The van der Waals surface area contributed by atoms with E-state index in [1.807, 2.05) is 6.20 Å². The van der Waals surface area contributed by atoms with E-state index in [1.54, 1.807) is 12.4 Å². The molecule has 1 aromatic heterocycles. The van der Waals surface area contributed by atoms with E-state index < -0.39 is 0 Å². The average Bonchev–Trinajstić information content (AvgIpc) is 2.15. The van der Waals surface area contributed by atoms with Crippen molar-refractivity contribution >= 4 is 15.9 Å². The Morgan fingerprint density at radius 1 is 1.38 bits per heavy atom. The van der Waals surface area contributed by atoms with Crippen molar-refractivity contribution in [1.29, 1.82) is 0 Å². The third-order valence-corrected chi connectivity index (χ3v) is 3.53. The summed E-state index contributed by atoms with van der Waals surface area (Å²) in [6.45, 7) is 4.44. The molecule has 0 aromatic carbocycles. The van der Waals surface area contributed by atoms with Crippen LogP contribution in [0.4, 0.5) is 0 Å². The zero-order valence-electron chi connectivity index (χ0n) is 8.07. The lowest BCUT2D eigenvalue weighted by Crippen LogP contribution is -2.08. The minimum absolute atomic E-state index is 0.578. The number of nitrogens with zero attached hydrogens (tertiary/aromatic N) is 2. The van der Waals surface area contributed by atoms with Crippen LogP contribution in [0.2, 0.25) is 0 Å². The Kier molecular flexibility index (Phi) is 4.36. The summed E-state index contributed by atoms with van der Waals surface area (Å²) in [5, 5.41) is 0. The maximum Gasteiger partial charge on any atom is 0.0587 e. The number of aromatic nitrogens is 2. The molecular weight excluding hydrogens is 228 g/mol. The second kappa shape index (κ2) is 5.32. The Balaban J connectivity index is 2.35. The SMILES string of the molecule is CC(C)C(Br)CCc1cnccn1. The highest BCUT2D eigenvalue weighted by atomic mass is 79.9. The van der Waals surface area contributed by atoms with Crippen LogP contribution < -0.4 is 0 Å². The summed E-state index contributed by atoms with van der Waals surface area (Å²) >= 11 is 3.65. The second-order valence-corrected chi connectivity index (χ2v) is 4.67. The first-order valence-corrected chi connectivity index (χ1v) is 5.50. The molecule has 0 N–H and O–H groups in total. The normalized spacial score (nSPS) is 13.2. The molecule has 1 rings (SSSR count). The van der Waals surface area contributed by atoms with Gasteiger partial charge < -0.3 is 0 Å². The predicted octanol–water partition coefficient (Wildman–Crippen LogP) is 2.83. The fraction of sp³-hybridized carbons (Fsp3) is 0.600. The Hall–Kier alpha value is -0.440. The van der Waals surface area contributed by atoms with Crippen molar-refractivity contribution in [2.75, 3.05) is 0 Å². The average molecular weight is 243 g/mol. The first-order chi connectivity index (χ1) is 6.20. The summed E-state index contributed by atoms with van der Waals surface area (Å²) in [7, 11) is 0. The molecule has 0 amide bonds. The molecule has 72 valence electrons. The molecule has 1 heterocycles. The number of aryl methyl sites for hydroxylation is 1. The van der Waals surface area contributed by atoms with Crippen LogP contribution in [0.25, 0.3) is 0 Å². The van der Waals surface area contributed by atoms with E-state index in [0.717, 1.165) is 18.5 Å². The standard InChI is InChI=1S/C10H15BrN2/c1-8(2)10(11)4-3-9-7-12-5-6-13-9/h5-8,10H,3-4H2,1-2H3. The van der Waals surface area contributed by atoms with Crippen LogP contribution in [0.1, 0.15) is 26.0 Å².